The fourth-order valence-electron chi connectivity index (χ4n) is 2.64. The molecule has 0 aliphatic rings. The number of fused-ring (bicyclic) bond motifs is 1. The Bertz CT molecular complexity index is 915. The van der Waals surface area contributed by atoms with E-state index in [-0.39, 0.29) is 5.97 Å². The van der Waals surface area contributed by atoms with Gasteiger partial charge in [-0.2, -0.15) is 0 Å². The largest absolute Gasteiger partial charge is 0.456 e. The molecule has 0 fully saturated rings. The van der Waals surface area contributed by atoms with Crippen LogP contribution in [0.25, 0.3) is 11.0 Å². The highest BCUT2D eigenvalue weighted by molar-refractivity contribution is 7.98. The molecule has 0 saturated heterocycles. The molecule has 1 N–H and O–H groups in total. The van der Waals surface area contributed by atoms with E-state index in [0.29, 0.717) is 11.3 Å². The molecule has 2 aromatic carbocycles. The second-order valence-corrected chi connectivity index (χ2v) is 8.41. The van der Waals surface area contributed by atoms with E-state index in [4.69, 9.17) is 4.74 Å². The molecule has 0 bridgehead atoms. The van der Waals surface area contributed by atoms with Gasteiger partial charge in [0, 0.05) is 5.75 Å². The molecule has 0 aliphatic heterocycles. The molecule has 0 unspecified atom stereocenters. The third kappa shape index (κ3) is 4.28. The lowest BCUT2D eigenvalue weighted by Gasteiger charge is -2.20. The number of imidazole rings is 1. The minimum Gasteiger partial charge on any atom is -0.456 e. The molecule has 1 aromatic heterocycles. The zero-order chi connectivity index (χ0) is 18.9. The Kier molecular flexibility index (Phi) is 5.10. The smallest absolute Gasteiger partial charge is 0.338 e. The molecule has 0 spiro atoms. The number of aromatic amines is 1. The van der Waals surface area contributed by atoms with Crippen molar-refractivity contribution >= 4 is 28.8 Å². The van der Waals surface area contributed by atoms with Gasteiger partial charge in [-0.1, -0.05) is 30.0 Å². The summed E-state index contributed by atoms with van der Waals surface area (Å²) in [5, 5.41) is 0.851. The normalized spacial score (nSPS) is 11.7. The van der Waals surface area contributed by atoms with Crippen LogP contribution in [0.1, 0.15) is 47.8 Å². The maximum absolute atomic E-state index is 12.5. The number of aryl methyl sites for hydroxylation is 2. The van der Waals surface area contributed by atoms with Crippen LogP contribution in [-0.4, -0.2) is 21.5 Å². The fourth-order valence-corrected chi connectivity index (χ4v) is 3.53. The average Bonchev–Trinajstić information content (AvgIpc) is 2.93. The summed E-state index contributed by atoms with van der Waals surface area (Å²) < 4.78 is 5.52. The summed E-state index contributed by atoms with van der Waals surface area (Å²) in [5.74, 6) is 0.359. The molecule has 26 heavy (non-hydrogen) atoms. The third-order valence-corrected chi connectivity index (χ3v) is 5.00. The van der Waals surface area contributed by atoms with Gasteiger partial charge in [0.25, 0.3) is 0 Å². The molecule has 3 rings (SSSR count). The van der Waals surface area contributed by atoms with Gasteiger partial charge in [-0.05, 0) is 69.5 Å². The number of ether oxygens (including phenoxy) is 1. The van der Waals surface area contributed by atoms with E-state index in [0.717, 1.165) is 21.8 Å². The van der Waals surface area contributed by atoms with Crippen molar-refractivity contribution in [3.05, 3.63) is 58.7 Å². The summed E-state index contributed by atoms with van der Waals surface area (Å²) in [6, 6.07) is 11.8. The van der Waals surface area contributed by atoms with Crippen molar-refractivity contribution < 1.29 is 9.53 Å². The lowest BCUT2D eigenvalue weighted by atomic mass is 10.1. The van der Waals surface area contributed by atoms with Crippen LogP contribution in [0.3, 0.4) is 0 Å². The highest BCUT2D eigenvalue weighted by Crippen LogP contribution is 2.26. The Morgan fingerprint density at radius 3 is 2.58 bits per heavy atom. The molecule has 0 aliphatic carbocycles. The summed E-state index contributed by atoms with van der Waals surface area (Å²) in [6.07, 6.45) is 0. The van der Waals surface area contributed by atoms with Crippen molar-refractivity contribution in [3.8, 4) is 0 Å². The van der Waals surface area contributed by atoms with E-state index in [9.17, 15) is 4.79 Å². The number of carbonyl (C=O) groups excluding carboxylic acids is 1. The van der Waals surface area contributed by atoms with Crippen LogP contribution in [0.5, 0.6) is 0 Å². The Morgan fingerprint density at radius 2 is 1.85 bits per heavy atom. The van der Waals surface area contributed by atoms with Gasteiger partial charge in [-0.15, -0.1) is 0 Å². The second-order valence-electron chi connectivity index (χ2n) is 7.44. The van der Waals surface area contributed by atoms with Crippen molar-refractivity contribution in [2.45, 2.75) is 51.1 Å². The quantitative estimate of drug-likeness (QED) is 0.493. The molecule has 0 radical (unpaired) electrons. The average molecular weight is 369 g/mol. The minimum atomic E-state index is -0.508. The van der Waals surface area contributed by atoms with Crippen LogP contribution in [0.4, 0.5) is 0 Å². The molecular weight excluding hydrogens is 344 g/mol. The Morgan fingerprint density at radius 1 is 1.15 bits per heavy atom. The molecule has 0 amide bonds. The number of esters is 1. The number of hydrogen-bond acceptors (Lipinski definition) is 4. The summed E-state index contributed by atoms with van der Waals surface area (Å²) >= 11 is 1.59. The van der Waals surface area contributed by atoms with Gasteiger partial charge in [0.1, 0.15) is 5.60 Å². The highest BCUT2D eigenvalue weighted by atomic mass is 32.2. The van der Waals surface area contributed by atoms with Gasteiger partial charge in [-0.3, -0.25) is 0 Å². The SMILES string of the molecule is Cc1cc2nc(SCc3ccccc3C(=O)OC(C)(C)C)[nH]c2cc1C. The maximum Gasteiger partial charge on any atom is 0.338 e. The number of thioether (sulfide) groups is 1. The zero-order valence-corrected chi connectivity index (χ0v) is 16.7. The van der Waals surface area contributed by atoms with E-state index in [1.807, 2.05) is 45.0 Å². The number of rotatable bonds is 4. The Balaban J connectivity index is 1.79. The van der Waals surface area contributed by atoms with Crippen LogP contribution >= 0.6 is 11.8 Å². The number of nitrogens with zero attached hydrogens (tertiary/aromatic N) is 1. The monoisotopic (exact) mass is 368 g/mol. The van der Waals surface area contributed by atoms with Crippen LogP contribution in [0.15, 0.2) is 41.6 Å². The first-order chi connectivity index (χ1) is 12.2. The van der Waals surface area contributed by atoms with E-state index in [1.54, 1.807) is 11.8 Å². The second kappa shape index (κ2) is 7.16. The first-order valence-corrected chi connectivity index (χ1v) is 9.62. The summed E-state index contributed by atoms with van der Waals surface area (Å²) in [7, 11) is 0. The van der Waals surface area contributed by atoms with Gasteiger partial charge >= 0.3 is 5.97 Å². The van der Waals surface area contributed by atoms with Crippen molar-refractivity contribution in [1.82, 2.24) is 9.97 Å². The zero-order valence-electron chi connectivity index (χ0n) is 15.8. The van der Waals surface area contributed by atoms with Crippen LogP contribution in [-0.2, 0) is 10.5 Å². The standard InChI is InChI=1S/C21H24N2O2S/c1-13-10-17-18(11-14(13)2)23-20(22-17)26-12-15-8-6-7-9-16(15)19(24)25-21(3,4)5/h6-11H,12H2,1-5H3,(H,22,23). The first kappa shape index (κ1) is 18.5. The molecular formula is C21H24N2O2S. The summed E-state index contributed by atoms with van der Waals surface area (Å²) in [4.78, 5) is 20.5. The topological polar surface area (TPSA) is 55.0 Å². The molecule has 0 atom stereocenters. The first-order valence-electron chi connectivity index (χ1n) is 8.64. The van der Waals surface area contributed by atoms with Crippen molar-refractivity contribution in [2.24, 2.45) is 0 Å². The van der Waals surface area contributed by atoms with Gasteiger partial charge < -0.3 is 9.72 Å². The fraction of sp³-hybridized carbons (Fsp3) is 0.333. The van der Waals surface area contributed by atoms with E-state index in [2.05, 4.69) is 35.9 Å². The maximum atomic E-state index is 12.5. The summed E-state index contributed by atoms with van der Waals surface area (Å²) in [5.41, 5.74) is 5.53. The molecule has 1 heterocycles. The molecule has 4 nitrogen and oxygen atoms in total. The van der Waals surface area contributed by atoms with Gasteiger partial charge in [0.15, 0.2) is 5.16 Å². The molecule has 0 saturated carbocycles. The van der Waals surface area contributed by atoms with Gasteiger partial charge in [0.05, 0.1) is 16.6 Å². The Hall–Kier alpha value is -2.27. The predicted octanol–water partition coefficient (Wildman–Crippen LogP) is 5.43. The lowest BCUT2D eigenvalue weighted by molar-refractivity contribution is 0.00687. The molecule has 3 aromatic rings. The number of carbonyl (C=O) groups is 1. The number of H-pyrrole nitrogens is 1. The number of nitrogens with one attached hydrogen (secondary N) is 1. The van der Waals surface area contributed by atoms with E-state index >= 15 is 0 Å². The van der Waals surface area contributed by atoms with Crippen LogP contribution in [0, 0.1) is 13.8 Å². The van der Waals surface area contributed by atoms with E-state index < -0.39 is 5.60 Å². The number of aromatic nitrogens is 2. The van der Waals surface area contributed by atoms with Crippen molar-refractivity contribution in [2.75, 3.05) is 0 Å². The predicted molar refractivity (Wildman–Crippen MR) is 107 cm³/mol. The van der Waals surface area contributed by atoms with E-state index in [1.165, 1.54) is 11.1 Å². The van der Waals surface area contributed by atoms with Gasteiger partial charge in [-0.25, -0.2) is 9.78 Å². The Labute approximate surface area is 158 Å². The third-order valence-electron chi connectivity index (χ3n) is 4.08. The number of hydrogen-bond donors (Lipinski definition) is 1. The van der Waals surface area contributed by atoms with Crippen LogP contribution < -0.4 is 0 Å². The molecule has 5 heteroatoms. The van der Waals surface area contributed by atoms with Crippen LogP contribution in [0.2, 0.25) is 0 Å². The highest BCUT2D eigenvalue weighted by Gasteiger charge is 2.20. The van der Waals surface area contributed by atoms with Crippen molar-refractivity contribution in [3.63, 3.8) is 0 Å². The lowest BCUT2D eigenvalue weighted by Crippen LogP contribution is -2.24. The van der Waals surface area contributed by atoms with Gasteiger partial charge in [0.2, 0.25) is 0 Å². The minimum absolute atomic E-state index is 0.287. The summed E-state index contributed by atoms with van der Waals surface area (Å²) in [6.45, 7) is 9.81. The van der Waals surface area contributed by atoms with Crippen molar-refractivity contribution in [1.29, 1.82) is 0 Å². The molecule has 136 valence electrons. The number of benzene rings is 2.